The molecule has 0 spiro atoms. The number of anilines is 3. The molecule has 9 nitrogen and oxygen atoms in total. The molecule has 3 aromatic rings. The summed E-state index contributed by atoms with van der Waals surface area (Å²) in [5, 5.41) is 3.21. The van der Waals surface area contributed by atoms with Crippen LogP contribution in [0.5, 0.6) is 0 Å². The summed E-state index contributed by atoms with van der Waals surface area (Å²) in [7, 11) is 0. The Labute approximate surface area is 219 Å². The number of piperazine rings is 1. The molecule has 1 N–H and O–H groups in total. The molecule has 0 amide bonds. The van der Waals surface area contributed by atoms with Crippen LogP contribution in [0.25, 0.3) is 0 Å². The Morgan fingerprint density at radius 3 is 2.35 bits per heavy atom. The number of hydrogen-bond donors (Lipinski definition) is 1. The van der Waals surface area contributed by atoms with Crippen LogP contribution >= 0.6 is 0 Å². The summed E-state index contributed by atoms with van der Waals surface area (Å²) in [6, 6.07) is 13.3. The Hall–Kier alpha value is -3.43. The monoisotopic (exact) mass is 500 g/mol. The predicted octanol–water partition coefficient (Wildman–Crippen LogP) is 3.22. The van der Waals surface area contributed by atoms with Crippen LogP contribution in [0.4, 0.5) is 17.7 Å². The van der Waals surface area contributed by atoms with Crippen molar-refractivity contribution in [1.82, 2.24) is 29.7 Å². The number of rotatable bonds is 10. The topological polar surface area (TPSA) is 90.4 Å². The van der Waals surface area contributed by atoms with Gasteiger partial charge in [0, 0.05) is 63.9 Å². The van der Waals surface area contributed by atoms with Crippen molar-refractivity contribution >= 4 is 23.5 Å². The third-order valence-corrected chi connectivity index (χ3v) is 7.10. The van der Waals surface area contributed by atoms with E-state index in [0.29, 0.717) is 36.1 Å². The molecule has 9 heteroatoms. The van der Waals surface area contributed by atoms with Gasteiger partial charge in [-0.25, -0.2) is 4.98 Å². The minimum absolute atomic E-state index is 0.0461. The molecule has 0 atom stereocenters. The second-order valence-corrected chi connectivity index (χ2v) is 9.75. The Balaban J connectivity index is 1.22. The van der Waals surface area contributed by atoms with E-state index in [-0.39, 0.29) is 5.78 Å². The first kappa shape index (κ1) is 25.2. The molecule has 0 aliphatic carbocycles. The molecule has 2 aromatic heterocycles. The number of hydrogen-bond acceptors (Lipinski definition) is 9. The molecule has 2 fully saturated rings. The summed E-state index contributed by atoms with van der Waals surface area (Å²) in [6.45, 7) is 10.7. The van der Waals surface area contributed by atoms with E-state index in [9.17, 15) is 4.79 Å². The largest absolute Gasteiger partial charge is 0.338 e. The first-order valence-corrected chi connectivity index (χ1v) is 13.4. The van der Waals surface area contributed by atoms with E-state index < -0.39 is 0 Å². The van der Waals surface area contributed by atoms with Crippen molar-refractivity contribution in [2.75, 3.05) is 62.6 Å². The second-order valence-electron chi connectivity index (χ2n) is 9.75. The van der Waals surface area contributed by atoms with Crippen molar-refractivity contribution in [3.63, 3.8) is 0 Å². The van der Waals surface area contributed by atoms with Gasteiger partial charge < -0.3 is 15.1 Å². The number of carbonyl (C=O) groups is 1. The number of Topliss-reactive ketones (excluding diaryl/α,β-unsaturated/α-hetero) is 1. The smallest absolute Gasteiger partial charge is 0.233 e. The van der Waals surface area contributed by atoms with Crippen molar-refractivity contribution in [3.05, 3.63) is 65.6 Å². The van der Waals surface area contributed by atoms with Gasteiger partial charge in [0.15, 0.2) is 5.78 Å². The Bertz CT molecular complexity index is 1170. The van der Waals surface area contributed by atoms with Gasteiger partial charge in [-0.2, -0.15) is 15.0 Å². The number of nitrogens with zero attached hydrogens (tertiary/aromatic N) is 7. The lowest BCUT2D eigenvalue weighted by molar-refractivity contribution is 0.0993. The summed E-state index contributed by atoms with van der Waals surface area (Å²) in [6.07, 6.45) is 5.39. The first-order chi connectivity index (χ1) is 18.2. The van der Waals surface area contributed by atoms with Crippen molar-refractivity contribution in [3.8, 4) is 0 Å². The number of aromatic nitrogens is 4. The van der Waals surface area contributed by atoms with Crippen LogP contribution in [0.2, 0.25) is 0 Å². The third kappa shape index (κ3) is 6.87. The van der Waals surface area contributed by atoms with Gasteiger partial charge in [-0.3, -0.25) is 9.69 Å². The predicted molar refractivity (Wildman–Crippen MR) is 146 cm³/mol. The van der Waals surface area contributed by atoms with Gasteiger partial charge in [0.1, 0.15) is 11.6 Å². The van der Waals surface area contributed by atoms with Gasteiger partial charge in [-0.15, -0.1) is 0 Å². The van der Waals surface area contributed by atoms with E-state index in [0.717, 1.165) is 44.1 Å². The van der Waals surface area contributed by atoms with Crippen LogP contribution in [0.15, 0.2) is 48.7 Å². The average molecular weight is 501 g/mol. The quantitative estimate of drug-likeness (QED) is 0.421. The maximum absolute atomic E-state index is 12.8. The zero-order valence-corrected chi connectivity index (χ0v) is 21.6. The van der Waals surface area contributed by atoms with Crippen LogP contribution in [0.3, 0.4) is 0 Å². The van der Waals surface area contributed by atoms with Gasteiger partial charge in [0.05, 0.1) is 0 Å². The van der Waals surface area contributed by atoms with Gasteiger partial charge in [0.25, 0.3) is 0 Å². The minimum Gasteiger partial charge on any atom is -0.338 e. The fraction of sp³-hybridized carbons (Fsp3) is 0.464. The summed E-state index contributed by atoms with van der Waals surface area (Å²) >= 11 is 0. The Morgan fingerprint density at radius 2 is 1.62 bits per heavy atom. The summed E-state index contributed by atoms with van der Waals surface area (Å²) in [4.78, 5) is 38.6. The molecule has 4 heterocycles. The second kappa shape index (κ2) is 12.2. The van der Waals surface area contributed by atoms with Crippen molar-refractivity contribution in [2.24, 2.45) is 0 Å². The van der Waals surface area contributed by atoms with E-state index in [1.54, 1.807) is 18.3 Å². The van der Waals surface area contributed by atoms with E-state index in [1.165, 1.54) is 32.5 Å². The summed E-state index contributed by atoms with van der Waals surface area (Å²) < 4.78 is 0. The van der Waals surface area contributed by atoms with Gasteiger partial charge in [-0.05, 0) is 43.6 Å². The fourth-order valence-corrected chi connectivity index (χ4v) is 4.89. The highest BCUT2D eigenvalue weighted by atomic mass is 16.1. The van der Waals surface area contributed by atoms with Gasteiger partial charge >= 0.3 is 0 Å². The molecule has 194 valence electrons. The number of carbonyl (C=O) groups excluding carboxylic acids is 1. The minimum atomic E-state index is 0.0461. The van der Waals surface area contributed by atoms with E-state index in [4.69, 9.17) is 9.97 Å². The number of ketones is 1. The highest BCUT2D eigenvalue weighted by molar-refractivity contribution is 5.98. The average Bonchev–Trinajstić information content (AvgIpc) is 3.46. The van der Waals surface area contributed by atoms with Gasteiger partial charge in [0.2, 0.25) is 11.9 Å². The Morgan fingerprint density at radius 1 is 0.892 bits per heavy atom. The number of likely N-dealkylation sites (tertiary alicyclic amines) is 1. The Kier molecular flexibility index (Phi) is 8.32. The maximum atomic E-state index is 12.8. The lowest BCUT2D eigenvalue weighted by Gasteiger charge is -2.35. The number of benzene rings is 1. The summed E-state index contributed by atoms with van der Waals surface area (Å²) in [5.74, 6) is 2.48. The molecule has 1 aromatic carbocycles. The van der Waals surface area contributed by atoms with Crippen LogP contribution < -0.4 is 10.2 Å². The van der Waals surface area contributed by atoms with Crippen molar-refractivity contribution in [1.29, 1.82) is 0 Å². The first-order valence-electron chi connectivity index (χ1n) is 13.4. The van der Waals surface area contributed by atoms with E-state index in [2.05, 4.69) is 30.0 Å². The van der Waals surface area contributed by atoms with Crippen LogP contribution in [0, 0.1) is 0 Å². The maximum Gasteiger partial charge on any atom is 0.233 e. The molecule has 0 bridgehead atoms. The number of pyridine rings is 1. The van der Waals surface area contributed by atoms with Gasteiger partial charge in [-0.1, -0.05) is 37.3 Å². The normalized spacial score (nSPS) is 16.7. The zero-order valence-electron chi connectivity index (χ0n) is 21.6. The van der Waals surface area contributed by atoms with E-state index in [1.807, 2.05) is 37.3 Å². The highest BCUT2D eigenvalue weighted by Gasteiger charge is 2.21. The van der Waals surface area contributed by atoms with E-state index >= 15 is 0 Å². The molecule has 0 radical (unpaired) electrons. The SMILES string of the molecule is CCc1nc(Nc2cc(C(=O)Cc3ccccc3)ccn2)nc(N2CCN(CCN3CCCC3)CC2)n1. The van der Waals surface area contributed by atoms with Crippen LogP contribution in [-0.2, 0) is 12.8 Å². The molecule has 2 aliphatic rings. The van der Waals surface area contributed by atoms with Crippen molar-refractivity contribution < 1.29 is 4.79 Å². The standard InChI is InChI=1S/C28H36N8O/c1-2-25-30-27(31-26-21-23(10-11-29-26)24(37)20-22-8-4-3-5-9-22)33-28(32-25)36-18-16-35(17-19-36)15-14-34-12-6-7-13-34/h3-5,8-11,21H,2,6-7,12-20H2,1H3,(H,29,30,31,32,33). The molecular formula is C28H36N8O. The molecular weight excluding hydrogens is 464 g/mol. The molecule has 2 saturated heterocycles. The van der Waals surface area contributed by atoms with Crippen molar-refractivity contribution in [2.45, 2.75) is 32.6 Å². The lowest BCUT2D eigenvalue weighted by atomic mass is 10.0. The number of nitrogens with one attached hydrogen (secondary N) is 1. The van der Waals surface area contributed by atoms with Crippen LogP contribution in [-0.4, -0.2) is 87.9 Å². The lowest BCUT2D eigenvalue weighted by Crippen LogP contribution is -2.49. The highest BCUT2D eigenvalue weighted by Crippen LogP contribution is 2.18. The summed E-state index contributed by atoms with van der Waals surface area (Å²) in [5.41, 5.74) is 1.60. The van der Waals surface area contributed by atoms with Crippen LogP contribution in [0.1, 0.15) is 41.5 Å². The number of aryl methyl sites for hydroxylation is 1. The molecule has 2 aliphatic heterocycles. The molecule has 0 unspecified atom stereocenters. The molecule has 5 rings (SSSR count). The zero-order chi connectivity index (χ0) is 25.5. The fourth-order valence-electron chi connectivity index (χ4n) is 4.89. The molecule has 0 saturated carbocycles. The molecule has 37 heavy (non-hydrogen) atoms. The third-order valence-electron chi connectivity index (χ3n) is 7.10.